The second-order valence-corrected chi connectivity index (χ2v) is 10.5. The van der Waals surface area contributed by atoms with Crippen molar-refractivity contribution < 1.29 is 24.2 Å². The molecular weight excluding hydrogens is 498 g/mol. The molecule has 0 aromatic carbocycles. The average Bonchev–Trinajstić information content (AvgIpc) is 3.54. The fourth-order valence-corrected chi connectivity index (χ4v) is 5.97. The second kappa shape index (κ2) is 9.72. The summed E-state index contributed by atoms with van der Waals surface area (Å²) in [5, 5.41) is 16.0. The molecule has 2 aliphatic heterocycles. The number of fused-ring (bicyclic) bond motifs is 1. The normalized spacial score (nSPS) is 17.2. The number of hydrogen-bond donors (Lipinski definition) is 2. The summed E-state index contributed by atoms with van der Waals surface area (Å²) in [7, 11) is 1.40. The maximum Gasteiger partial charge on any atom is 0.432 e. The number of carbonyl (C=O) groups is 2. The molecule has 37 heavy (non-hydrogen) atoms. The molecule has 1 fully saturated rings. The molecule has 2 aliphatic rings. The van der Waals surface area contributed by atoms with Crippen LogP contribution in [0.15, 0.2) is 18.5 Å². The van der Waals surface area contributed by atoms with Crippen molar-refractivity contribution in [3.8, 4) is 16.5 Å². The zero-order valence-corrected chi connectivity index (χ0v) is 22.0. The standard InChI is InChI=1S/C24H29N7O5S/c1-14-12-25-22(26-16-13-31(23(33)34)28-20(16)35-4)27-18(14)17-11-15-19(37-17)24(2,3)30(21(15)32)6-5-29-7-9-36-10-8-29/h11-13H,5-10H2,1-4H3,(H,33,34)(H,25,26,27). The van der Waals surface area contributed by atoms with Crippen LogP contribution in [0.25, 0.3) is 10.6 Å². The van der Waals surface area contributed by atoms with Gasteiger partial charge in [-0.25, -0.2) is 14.8 Å². The lowest BCUT2D eigenvalue weighted by atomic mass is 10.0. The Balaban J connectivity index is 1.38. The van der Waals surface area contributed by atoms with E-state index in [1.54, 1.807) is 17.5 Å². The van der Waals surface area contributed by atoms with Crippen molar-refractivity contribution in [1.29, 1.82) is 0 Å². The van der Waals surface area contributed by atoms with Crippen LogP contribution in [-0.2, 0) is 10.3 Å². The summed E-state index contributed by atoms with van der Waals surface area (Å²) in [5.74, 6) is 0.398. The fourth-order valence-electron chi connectivity index (χ4n) is 4.65. The SMILES string of the molecule is COc1nn(C(=O)O)cc1Nc1ncc(C)c(-c2cc3c(s2)C(C)(C)N(CCN2CCOCC2)C3=O)n1. The Kier molecular flexibility index (Phi) is 6.60. The van der Waals surface area contributed by atoms with Gasteiger partial charge in [-0.2, -0.15) is 4.68 Å². The van der Waals surface area contributed by atoms with E-state index in [1.807, 2.05) is 17.9 Å². The number of aryl methyl sites for hydroxylation is 1. The second-order valence-electron chi connectivity index (χ2n) is 9.45. The smallest absolute Gasteiger partial charge is 0.432 e. The third kappa shape index (κ3) is 4.65. The minimum atomic E-state index is -1.24. The van der Waals surface area contributed by atoms with E-state index in [1.165, 1.54) is 13.3 Å². The number of methoxy groups -OCH3 is 1. The highest BCUT2D eigenvalue weighted by Gasteiger charge is 2.45. The molecule has 5 heterocycles. The number of anilines is 2. The quantitative estimate of drug-likeness (QED) is 0.472. The lowest BCUT2D eigenvalue weighted by Crippen LogP contribution is -2.46. The number of amides is 1. The van der Waals surface area contributed by atoms with Gasteiger partial charge in [0, 0.05) is 37.3 Å². The van der Waals surface area contributed by atoms with E-state index in [2.05, 4.69) is 39.1 Å². The number of nitrogens with zero attached hydrogens (tertiary/aromatic N) is 6. The molecular formula is C24H29N7O5S. The van der Waals surface area contributed by atoms with Gasteiger partial charge in [-0.1, -0.05) is 0 Å². The van der Waals surface area contributed by atoms with Gasteiger partial charge in [0.2, 0.25) is 5.95 Å². The van der Waals surface area contributed by atoms with Crippen LogP contribution >= 0.6 is 11.3 Å². The fraction of sp³-hybridized carbons (Fsp3) is 0.458. The van der Waals surface area contributed by atoms with Gasteiger partial charge < -0.3 is 24.8 Å². The van der Waals surface area contributed by atoms with Crippen LogP contribution in [0.4, 0.5) is 16.4 Å². The van der Waals surface area contributed by atoms with Crippen LogP contribution in [0, 0.1) is 6.92 Å². The van der Waals surface area contributed by atoms with Crippen LogP contribution < -0.4 is 10.1 Å². The van der Waals surface area contributed by atoms with Crippen LogP contribution in [0.3, 0.4) is 0 Å². The number of carboxylic acid groups (broad SMARTS) is 1. The summed E-state index contributed by atoms with van der Waals surface area (Å²) in [6, 6.07) is 1.92. The molecule has 1 amide bonds. The van der Waals surface area contributed by atoms with E-state index in [-0.39, 0.29) is 17.7 Å². The van der Waals surface area contributed by atoms with Crippen molar-refractivity contribution in [2.45, 2.75) is 26.3 Å². The summed E-state index contributed by atoms with van der Waals surface area (Å²) >= 11 is 1.56. The van der Waals surface area contributed by atoms with Crippen molar-refractivity contribution in [1.82, 2.24) is 29.5 Å². The molecule has 5 rings (SSSR count). The number of morpholine rings is 1. The third-order valence-electron chi connectivity index (χ3n) is 6.70. The highest BCUT2D eigenvalue weighted by molar-refractivity contribution is 7.16. The van der Waals surface area contributed by atoms with Crippen LogP contribution in [0.2, 0.25) is 0 Å². The van der Waals surface area contributed by atoms with Crippen LogP contribution in [0.5, 0.6) is 5.88 Å². The highest BCUT2D eigenvalue weighted by Crippen LogP contribution is 2.46. The monoisotopic (exact) mass is 527 g/mol. The zero-order valence-electron chi connectivity index (χ0n) is 21.1. The number of hydrogen-bond acceptors (Lipinski definition) is 10. The largest absolute Gasteiger partial charge is 0.478 e. The summed E-state index contributed by atoms with van der Waals surface area (Å²) < 4.78 is 11.3. The number of ether oxygens (including phenoxy) is 2. The Morgan fingerprint density at radius 1 is 1.30 bits per heavy atom. The van der Waals surface area contributed by atoms with Crippen molar-refractivity contribution in [3.63, 3.8) is 0 Å². The van der Waals surface area contributed by atoms with E-state index in [0.29, 0.717) is 23.5 Å². The van der Waals surface area contributed by atoms with E-state index in [4.69, 9.17) is 9.47 Å². The van der Waals surface area contributed by atoms with Crippen LogP contribution in [-0.4, -0.2) is 93.2 Å². The first-order chi connectivity index (χ1) is 17.7. The molecule has 0 unspecified atom stereocenters. The number of rotatable bonds is 7. The summed E-state index contributed by atoms with van der Waals surface area (Å²) in [5.41, 5.74) is 2.16. The predicted molar refractivity (Wildman–Crippen MR) is 137 cm³/mol. The third-order valence-corrected chi connectivity index (χ3v) is 8.16. The molecule has 0 spiro atoms. The van der Waals surface area contributed by atoms with Gasteiger partial charge in [0.15, 0.2) is 0 Å². The number of thiophene rings is 1. The first-order valence-corrected chi connectivity index (χ1v) is 12.7. The lowest BCUT2D eigenvalue weighted by molar-refractivity contribution is 0.0263. The number of aromatic nitrogens is 4. The van der Waals surface area contributed by atoms with Gasteiger partial charge in [-0.15, -0.1) is 16.4 Å². The summed E-state index contributed by atoms with van der Waals surface area (Å²) in [6.45, 7) is 10.8. The molecule has 1 saturated heterocycles. The Hall–Kier alpha value is -3.55. The topological polar surface area (TPSA) is 135 Å². The molecule has 13 heteroatoms. The maximum absolute atomic E-state index is 13.4. The van der Waals surface area contributed by atoms with Gasteiger partial charge in [-0.05, 0) is 32.4 Å². The van der Waals surface area contributed by atoms with Gasteiger partial charge in [-0.3, -0.25) is 9.69 Å². The first-order valence-electron chi connectivity index (χ1n) is 11.9. The van der Waals surface area contributed by atoms with E-state index >= 15 is 0 Å². The van der Waals surface area contributed by atoms with Gasteiger partial charge in [0.05, 0.1) is 48.2 Å². The van der Waals surface area contributed by atoms with Crippen LogP contribution in [0.1, 0.15) is 34.6 Å². The Morgan fingerprint density at radius 3 is 2.73 bits per heavy atom. The molecule has 0 atom stereocenters. The van der Waals surface area contributed by atoms with E-state index in [0.717, 1.165) is 52.8 Å². The Morgan fingerprint density at radius 2 is 2.05 bits per heavy atom. The number of nitrogens with one attached hydrogen (secondary N) is 1. The molecule has 0 radical (unpaired) electrons. The van der Waals surface area contributed by atoms with Crippen molar-refractivity contribution in [2.24, 2.45) is 0 Å². The maximum atomic E-state index is 13.4. The molecule has 0 bridgehead atoms. The number of carbonyl (C=O) groups excluding carboxylic acids is 1. The molecule has 3 aromatic rings. The summed E-state index contributed by atoms with van der Waals surface area (Å²) in [6.07, 6.45) is 1.73. The first kappa shape index (κ1) is 25.1. The molecule has 196 valence electrons. The summed E-state index contributed by atoms with van der Waals surface area (Å²) in [4.78, 5) is 39.9. The molecule has 2 N–H and O–H groups in total. The predicted octanol–water partition coefficient (Wildman–Crippen LogP) is 3.01. The van der Waals surface area contributed by atoms with Gasteiger partial charge in [0.1, 0.15) is 5.69 Å². The minimum Gasteiger partial charge on any atom is -0.478 e. The highest BCUT2D eigenvalue weighted by atomic mass is 32.1. The Bertz CT molecular complexity index is 1350. The van der Waals surface area contributed by atoms with E-state index in [9.17, 15) is 14.7 Å². The molecule has 3 aromatic heterocycles. The zero-order chi connectivity index (χ0) is 26.3. The van der Waals surface area contributed by atoms with E-state index < -0.39 is 11.6 Å². The molecule has 0 aliphatic carbocycles. The van der Waals surface area contributed by atoms with Gasteiger partial charge >= 0.3 is 6.09 Å². The molecule has 0 saturated carbocycles. The Labute approximate surface area is 217 Å². The van der Waals surface area contributed by atoms with Crippen molar-refractivity contribution >= 4 is 35.0 Å². The lowest BCUT2D eigenvalue weighted by Gasteiger charge is -2.35. The minimum absolute atomic E-state index is 0.0339. The van der Waals surface area contributed by atoms with Crippen molar-refractivity contribution in [2.75, 3.05) is 51.8 Å². The average molecular weight is 528 g/mol. The van der Waals surface area contributed by atoms with Gasteiger partial charge in [0.25, 0.3) is 11.8 Å². The molecule has 12 nitrogen and oxygen atoms in total. The van der Waals surface area contributed by atoms with Crippen molar-refractivity contribution in [3.05, 3.63) is 34.5 Å².